The van der Waals surface area contributed by atoms with E-state index >= 15 is 0 Å². The number of nitrogens with zero attached hydrogens (tertiary/aromatic N) is 6. The Bertz CT molecular complexity index is 1890. The van der Waals surface area contributed by atoms with Gasteiger partial charge >= 0.3 is 0 Å². The van der Waals surface area contributed by atoms with Crippen molar-refractivity contribution in [2.75, 3.05) is 38.2 Å². The van der Waals surface area contributed by atoms with Crippen LogP contribution in [0.2, 0.25) is 0 Å². The minimum absolute atomic E-state index is 0.0889. The fourth-order valence-electron chi connectivity index (χ4n) is 6.72. The number of aliphatic hydroxyl groups is 1. The minimum Gasteiger partial charge on any atom is -0.492 e. The van der Waals surface area contributed by atoms with Crippen LogP contribution >= 0.6 is 11.3 Å². The highest BCUT2D eigenvalue weighted by Gasteiger charge is 2.35. The van der Waals surface area contributed by atoms with Crippen LogP contribution in [0.25, 0.3) is 22.0 Å². The third kappa shape index (κ3) is 6.43. The normalized spacial score (nSPS) is 17.7. The van der Waals surface area contributed by atoms with E-state index in [2.05, 4.69) is 20.2 Å². The molecule has 5 aromatic rings. The van der Waals surface area contributed by atoms with Crippen molar-refractivity contribution in [3.05, 3.63) is 76.9 Å². The van der Waals surface area contributed by atoms with Gasteiger partial charge in [-0.25, -0.2) is 23.1 Å². The van der Waals surface area contributed by atoms with Gasteiger partial charge in [-0.05, 0) is 73.7 Å². The molecule has 2 aliphatic rings. The summed E-state index contributed by atoms with van der Waals surface area (Å²) in [5.41, 5.74) is 3.00. The number of ether oxygens (including phenoxy) is 1. The number of rotatable bonds is 11. The first-order valence-electron chi connectivity index (χ1n) is 16.0. The summed E-state index contributed by atoms with van der Waals surface area (Å²) in [7, 11) is 0. The molecule has 48 heavy (non-hydrogen) atoms. The van der Waals surface area contributed by atoms with Crippen molar-refractivity contribution in [2.24, 2.45) is 5.92 Å². The zero-order valence-electron chi connectivity index (χ0n) is 26.4. The number of fused-ring (bicyclic) bond motifs is 2. The summed E-state index contributed by atoms with van der Waals surface area (Å²) in [4.78, 5) is 24.7. The number of benzene rings is 2. The number of imidazole rings is 1. The molecule has 1 amide bonds. The van der Waals surface area contributed by atoms with E-state index in [4.69, 9.17) is 9.84 Å². The van der Waals surface area contributed by atoms with Crippen LogP contribution in [0.3, 0.4) is 0 Å². The number of carbonyl (C=O) groups excluding carboxylic acids is 1. The van der Waals surface area contributed by atoms with Crippen LogP contribution in [0.1, 0.15) is 47.8 Å². The molecule has 0 radical (unpaired) electrons. The lowest BCUT2D eigenvalue weighted by Gasteiger charge is -2.30. The van der Waals surface area contributed by atoms with Gasteiger partial charge in [0.05, 0.1) is 24.1 Å². The summed E-state index contributed by atoms with van der Waals surface area (Å²) < 4.78 is 52.6. The quantitative estimate of drug-likeness (QED) is 0.181. The predicted octanol–water partition coefficient (Wildman–Crippen LogP) is 5.81. The van der Waals surface area contributed by atoms with Crippen LogP contribution in [0.5, 0.6) is 5.75 Å². The molecule has 5 heterocycles. The van der Waals surface area contributed by atoms with Crippen molar-refractivity contribution < 1.29 is 27.8 Å². The first-order valence-corrected chi connectivity index (χ1v) is 16.9. The molecule has 2 aliphatic heterocycles. The third-order valence-electron chi connectivity index (χ3n) is 9.37. The number of hydrogen-bond donors (Lipinski definition) is 2. The van der Waals surface area contributed by atoms with E-state index in [1.165, 1.54) is 34.6 Å². The van der Waals surface area contributed by atoms with Crippen molar-refractivity contribution in [1.29, 1.82) is 0 Å². The van der Waals surface area contributed by atoms with Crippen LogP contribution in [0.15, 0.2) is 54.4 Å². The molecule has 2 N–H and O–H groups in total. The number of likely N-dealkylation sites (tertiary alicyclic amines) is 1. The Hall–Kier alpha value is -4.27. The van der Waals surface area contributed by atoms with E-state index in [1.807, 2.05) is 31.2 Å². The van der Waals surface area contributed by atoms with Gasteiger partial charge in [0.2, 0.25) is 0 Å². The number of carbonyl (C=O) groups is 1. The second-order valence-electron chi connectivity index (χ2n) is 12.4. The van der Waals surface area contributed by atoms with Crippen molar-refractivity contribution in [3.8, 4) is 16.9 Å². The number of aromatic nitrogens is 5. The van der Waals surface area contributed by atoms with E-state index in [1.54, 1.807) is 16.1 Å². The highest BCUT2D eigenvalue weighted by molar-refractivity contribution is 7.13. The molecule has 3 aromatic heterocycles. The largest absolute Gasteiger partial charge is 0.492 e. The highest BCUT2D eigenvalue weighted by Crippen LogP contribution is 2.38. The second kappa shape index (κ2) is 13.7. The first-order chi connectivity index (χ1) is 23.3. The Balaban J connectivity index is 1.18. The van der Waals surface area contributed by atoms with Crippen LogP contribution < -0.4 is 10.1 Å². The van der Waals surface area contributed by atoms with Gasteiger partial charge in [0, 0.05) is 54.0 Å². The number of aliphatic hydroxyl groups excluding tert-OH is 1. The molecule has 0 spiro atoms. The highest BCUT2D eigenvalue weighted by atomic mass is 32.1. The van der Waals surface area contributed by atoms with Gasteiger partial charge in [-0.15, -0.1) is 11.3 Å². The first kappa shape index (κ1) is 32.3. The number of anilines is 1. The molecule has 1 saturated heterocycles. The summed E-state index contributed by atoms with van der Waals surface area (Å²) in [5, 5.41) is 19.2. The standard InChI is InChI=1S/C34H36F3N7O3S/c1-20-25(22-2-4-24(5-3-22)47-12-11-42-9-6-21(18-45)7-10-42)15-26(32(36)37)27-17-44(41-29(20)27)31(33(46)40-34-38-8-13-48-34)30-28-14-23(35)16-43(28)19-39-30/h2-5,8,13,15,17,19,21,23,31-32,45H,6-7,9-12,14,16,18H2,1H3,(H,38,40,46)/t23-,31?/m1/s1. The zero-order valence-corrected chi connectivity index (χ0v) is 27.2. The zero-order chi connectivity index (χ0) is 33.4. The summed E-state index contributed by atoms with van der Waals surface area (Å²) in [6.45, 7) is 5.38. The Morgan fingerprint density at radius 2 is 1.98 bits per heavy atom. The molecule has 0 saturated carbocycles. The number of aryl methyl sites for hydroxylation is 1. The van der Waals surface area contributed by atoms with Gasteiger partial charge in [0.15, 0.2) is 11.2 Å². The van der Waals surface area contributed by atoms with Gasteiger partial charge in [-0.3, -0.25) is 19.7 Å². The lowest BCUT2D eigenvalue weighted by Crippen LogP contribution is -2.37. The van der Waals surface area contributed by atoms with Crippen molar-refractivity contribution in [1.82, 2.24) is 29.2 Å². The van der Waals surface area contributed by atoms with Gasteiger partial charge < -0.3 is 14.4 Å². The van der Waals surface area contributed by atoms with E-state index in [9.17, 15) is 23.1 Å². The monoisotopic (exact) mass is 679 g/mol. The lowest BCUT2D eigenvalue weighted by atomic mass is 9.95. The summed E-state index contributed by atoms with van der Waals surface area (Å²) in [6, 6.07) is 7.67. The fraction of sp³-hybridized carbons (Fsp3) is 0.412. The summed E-state index contributed by atoms with van der Waals surface area (Å²) in [6.07, 6.45) is 2.66. The number of piperidine rings is 1. The van der Waals surface area contributed by atoms with Crippen molar-refractivity contribution in [2.45, 2.75) is 51.4 Å². The lowest BCUT2D eigenvalue weighted by molar-refractivity contribution is -0.118. The molecule has 2 atom stereocenters. The molecule has 0 bridgehead atoms. The molecule has 10 nitrogen and oxygen atoms in total. The van der Waals surface area contributed by atoms with Gasteiger partial charge in [-0.2, -0.15) is 5.10 Å². The number of thiazole rings is 1. The maximum Gasteiger partial charge on any atom is 0.264 e. The molecule has 2 aromatic carbocycles. The van der Waals surface area contributed by atoms with Crippen LogP contribution in [-0.4, -0.2) is 79.2 Å². The molecule has 0 aliphatic carbocycles. The van der Waals surface area contributed by atoms with Gasteiger partial charge in [0.1, 0.15) is 18.5 Å². The fourth-order valence-corrected chi connectivity index (χ4v) is 7.26. The van der Waals surface area contributed by atoms with E-state index in [-0.39, 0.29) is 30.5 Å². The maximum absolute atomic E-state index is 14.6. The number of amides is 1. The van der Waals surface area contributed by atoms with Crippen LogP contribution in [0.4, 0.5) is 18.3 Å². The van der Waals surface area contributed by atoms with Crippen LogP contribution in [0, 0.1) is 12.8 Å². The Labute approximate surface area is 279 Å². The Morgan fingerprint density at radius 1 is 1.19 bits per heavy atom. The summed E-state index contributed by atoms with van der Waals surface area (Å²) >= 11 is 1.24. The molecular formula is C34H36F3N7O3S. The molecule has 1 fully saturated rings. The van der Waals surface area contributed by atoms with Crippen molar-refractivity contribution >= 4 is 33.3 Å². The Morgan fingerprint density at radius 3 is 2.69 bits per heavy atom. The van der Waals surface area contributed by atoms with Gasteiger partial charge in [0.25, 0.3) is 12.3 Å². The smallest absolute Gasteiger partial charge is 0.264 e. The summed E-state index contributed by atoms with van der Waals surface area (Å²) in [5.74, 6) is 0.552. The molecule has 252 valence electrons. The Kier molecular flexibility index (Phi) is 9.21. The minimum atomic E-state index is -2.80. The topological polar surface area (TPSA) is 110 Å². The van der Waals surface area contributed by atoms with Gasteiger partial charge in [-0.1, -0.05) is 12.1 Å². The molecule has 14 heteroatoms. The third-order valence-corrected chi connectivity index (χ3v) is 10.1. The molecule has 7 rings (SSSR count). The maximum atomic E-state index is 14.6. The van der Waals surface area contributed by atoms with Crippen molar-refractivity contribution in [3.63, 3.8) is 0 Å². The molecular weight excluding hydrogens is 643 g/mol. The van der Waals surface area contributed by atoms with E-state index in [0.29, 0.717) is 51.4 Å². The van der Waals surface area contributed by atoms with E-state index in [0.717, 1.165) is 38.0 Å². The number of hydrogen-bond acceptors (Lipinski definition) is 8. The molecule has 1 unspecified atom stereocenters. The second-order valence-corrected chi connectivity index (χ2v) is 13.3. The average molecular weight is 680 g/mol. The van der Waals surface area contributed by atoms with E-state index < -0.39 is 24.5 Å². The predicted molar refractivity (Wildman–Crippen MR) is 176 cm³/mol. The SMILES string of the molecule is Cc1c(-c2ccc(OCCN3CCC(CO)CC3)cc2)cc(C(F)F)c2cn(C(C(=O)Nc3nccs3)c3ncn4c3C[C@@H](F)C4)nc12. The number of alkyl halides is 3. The number of halogens is 3. The van der Waals surface area contributed by atoms with Crippen LogP contribution in [-0.2, 0) is 17.8 Å². The number of nitrogens with one attached hydrogen (secondary N) is 1. The average Bonchev–Trinajstić information content (AvgIpc) is 3.89.